The van der Waals surface area contributed by atoms with Crippen LogP contribution in [0.2, 0.25) is 0 Å². The highest BCUT2D eigenvalue weighted by atomic mass is 19.3. The second-order valence-electron chi connectivity index (χ2n) is 5.77. The summed E-state index contributed by atoms with van der Waals surface area (Å²) in [6, 6.07) is 0. The molecule has 0 bridgehead atoms. The molecule has 1 aromatic carbocycles. The SMILES string of the molecule is CC.CC.CC.Cc1c(C)c(O)c(CCC(C)CCC=C(F)F)c(C)c1O. The minimum absolute atomic E-state index is 0.232. The molecular formula is C23H42F2O2. The molecule has 4 heteroatoms. The van der Waals surface area contributed by atoms with Crippen molar-refractivity contribution in [1.82, 2.24) is 0 Å². The molecule has 0 aliphatic heterocycles. The van der Waals surface area contributed by atoms with E-state index in [0.717, 1.165) is 18.1 Å². The maximum Gasteiger partial charge on any atom is 0.266 e. The Bertz CT molecular complexity index is 505. The molecule has 0 amide bonds. The number of halogens is 2. The summed E-state index contributed by atoms with van der Waals surface area (Å²) in [7, 11) is 0. The molecule has 1 unspecified atom stereocenters. The molecule has 160 valence electrons. The highest BCUT2D eigenvalue weighted by Gasteiger charge is 2.16. The zero-order valence-electron chi connectivity index (χ0n) is 19.1. The summed E-state index contributed by atoms with van der Waals surface area (Å²) >= 11 is 0. The van der Waals surface area contributed by atoms with E-state index in [-0.39, 0.29) is 17.4 Å². The average Bonchev–Trinajstić information content (AvgIpc) is 2.69. The predicted octanol–water partition coefficient (Wildman–Crippen LogP) is 8.23. The van der Waals surface area contributed by atoms with Gasteiger partial charge in [0.2, 0.25) is 0 Å². The van der Waals surface area contributed by atoms with Crippen LogP contribution in [-0.2, 0) is 6.42 Å². The lowest BCUT2D eigenvalue weighted by atomic mass is 9.91. The molecule has 0 aliphatic carbocycles. The molecule has 0 heterocycles. The van der Waals surface area contributed by atoms with Crippen LogP contribution in [0.3, 0.4) is 0 Å². The van der Waals surface area contributed by atoms with Crippen molar-refractivity contribution < 1.29 is 19.0 Å². The highest BCUT2D eigenvalue weighted by Crippen LogP contribution is 2.37. The predicted molar refractivity (Wildman–Crippen MR) is 115 cm³/mol. The van der Waals surface area contributed by atoms with Crippen LogP contribution in [0.1, 0.15) is 90.0 Å². The molecule has 0 aliphatic rings. The average molecular weight is 389 g/mol. The van der Waals surface area contributed by atoms with Gasteiger partial charge in [0.1, 0.15) is 11.5 Å². The van der Waals surface area contributed by atoms with Gasteiger partial charge in [-0.15, -0.1) is 0 Å². The van der Waals surface area contributed by atoms with E-state index in [1.807, 2.05) is 48.5 Å². The molecule has 0 spiro atoms. The number of aromatic hydroxyl groups is 2. The fraction of sp³-hybridized carbons (Fsp3) is 0.652. The van der Waals surface area contributed by atoms with E-state index < -0.39 is 6.08 Å². The third-order valence-corrected chi connectivity index (χ3v) is 4.21. The van der Waals surface area contributed by atoms with E-state index in [9.17, 15) is 19.0 Å². The number of phenolic OH excluding ortho intramolecular Hbond substituents is 2. The van der Waals surface area contributed by atoms with Crippen LogP contribution in [0.15, 0.2) is 12.2 Å². The Balaban J connectivity index is -0.000000869. The van der Waals surface area contributed by atoms with Gasteiger partial charge >= 0.3 is 0 Å². The van der Waals surface area contributed by atoms with Crippen LogP contribution >= 0.6 is 0 Å². The van der Waals surface area contributed by atoms with Gasteiger partial charge < -0.3 is 10.2 Å². The third kappa shape index (κ3) is 11.0. The van der Waals surface area contributed by atoms with Gasteiger partial charge in [0.05, 0.1) is 0 Å². The monoisotopic (exact) mass is 388 g/mol. The van der Waals surface area contributed by atoms with E-state index in [4.69, 9.17) is 0 Å². The first-order valence-corrected chi connectivity index (χ1v) is 10.3. The van der Waals surface area contributed by atoms with Gasteiger partial charge in [-0.1, -0.05) is 48.5 Å². The van der Waals surface area contributed by atoms with Gasteiger partial charge in [-0.25, -0.2) is 0 Å². The fourth-order valence-electron chi connectivity index (χ4n) is 2.50. The lowest BCUT2D eigenvalue weighted by Gasteiger charge is -2.17. The summed E-state index contributed by atoms with van der Waals surface area (Å²) in [4.78, 5) is 0. The van der Waals surface area contributed by atoms with Crippen molar-refractivity contribution in [2.45, 2.75) is 94.9 Å². The van der Waals surface area contributed by atoms with Gasteiger partial charge in [0.25, 0.3) is 6.08 Å². The van der Waals surface area contributed by atoms with Crippen LogP contribution in [-0.4, -0.2) is 10.2 Å². The molecule has 2 nitrogen and oxygen atoms in total. The summed E-state index contributed by atoms with van der Waals surface area (Å²) < 4.78 is 23.9. The topological polar surface area (TPSA) is 40.5 Å². The van der Waals surface area contributed by atoms with E-state index in [2.05, 4.69) is 0 Å². The Morgan fingerprint density at radius 2 is 1.26 bits per heavy atom. The van der Waals surface area contributed by atoms with Gasteiger partial charge in [-0.3, -0.25) is 0 Å². The normalized spacial score (nSPS) is 10.2. The van der Waals surface area contributed by atoms with Crippen LogP contribution in [0.5, 0.6) is 11.5 Å². The Labute approximate surface area is 166 Å². The number of allylic oxidation sites excluding steroid dienone is 1. The number of hydrogen-bond donors (Lipinski definition) is 2. The van der Waals surface area contributed by atoms with Gasteiger partial charge in [0.15, 0.2) is 0 Å². The summed E-state index contributed by atoms with van der Waals surface area (Å²) in [5, 5.41) is 20.3. The molecule has 0 radical (unpaired) electrons. The van der Waals surface area contributed by atoms with Gasteiger partial charge in [-0.2, -0.15) is 8.78 Å². The zero-order valence-corrected chi connectivity index (χ0v) is 19.1. The number of benzene rings is 1. The largest absolute Gasteiger partial charge is 0.507 e. The molecule has 0 saturated carbocycles. The van der Waals surface area contributed by atoms with Crippen molar-refractivity contribution in [3.8, 4) is 11.5 Å². The van der Waals surface area contributed by atoms with Crippen molar-refractivity contribution >= 4 is 0 Å². The first-order valence-electron chi connectivity index (χ1n) is 10.3. The first kappa shape index (κ1) is 30.2. The maximum atomic E-state index is 12.0. The number of phenols is 2. The lowest BCUT2D eigenvalue weighted by Crippen LogP contribution is -2.01. The second kappa shape index (κ2) is 17.8. The molecule has 1 atom stereocenters. The molecule has 2 N–H and O–H groups in total. The van der Waals surface area contributed by atoms with Gasteiger partial charge in [0, 0.05) is 5.56 Å². The van der Waals surface area contributed by atoms with Crippen LogP contribution in [0, 0.1) is 26.7 Å². The van der Waals surface area contributed by atoms with Crippen molar-refractivity contribution in [2.75, 3.05) is 0 Å². The van der Waals surface area contributed by atoms with Crippen molar-refractivity contribution in [1.29, 1.82) is 0 Å². The highest BCUT2D eigenvalue weighted by molar-refractivity contribution is 5.56. The Morgan fingerprint density at radius 3 is 1.70 bits per heavy atom. The summed E-state index contributed by atoms with van der Waals surface area (Å²) in [5.74, 6) is 0.753. The van der Waals surface area contributed by atoms with E-state index in [0.29, 0.717) is 36.0 Å². The third-order valence-electron chi connectivity index (χ3n) is 4.21. The van der Waals surface area contributed by atoms with Crippen LogP contribution < -0.4 is 0 Å². The smallest absolute Gasteiger partial charge is 0.266 e. The summed E-state index contributed by atoms with van der Waals surface area (Å²) in [6.07, 6.45) is 1.80. The van der Waals surface area contributed by atoms with Crippen LogP contribution in [0.25, 0.3) is 0 Å². The molecule has 0 aromatic heterocycles. The van der Waals surface area contributed by atoms with Crippen molar-refractivity contribution in [3.63, 3.8) is 0 Å². The van der Waals surface area contributed by atoms with Crippen molar-refractivity contribution in [3.05, 3.63) is 34.4 Å². The molecule has 1 rings (SSSR count). The zero-order chi connectivity index (χ0) is 22.2. The summed E-state index contributed by atoms with van der Waals surface area (Å²) in [6.45, 7) is 19.4. The first-order chi connectivity index (χ1) is 12.8. The summed E-state index contributed by atoms with van der Waals surface area (Å²) in [5.41, 5.74) is 2.86. The molecule has 27 heavy (non-hydrogen) atoms. The minimum atomic E-state index is -1.63. The number of rotatable bonds is 6. The molecule has 0 fully saturated rings. The second-order valence-corrected chi connectivity index (χ2v) is 5.77. The number of hydrogen-bond acceptors (Lipinski definition) is 2. The van der Waals surface area contributed by atoms with Crippen molar-refractivity contribution in [2.24, 2.45) is 5.92 Å². The minimum Gasteiger partial charge on any atom is -0.507 e. The fourth-order valence-corrected chi connectivity index (χ4v) is 2.50. The maximum absolute atomic E-state index is 12.0. The Kier molecular flexibility index (Phi) is 19.9. The van der Waals surface area contributed by atoms with E-state index in [1.165, 1.54) is 0 Å². The standard InChI is InChI=1S/C17H24F2O2.3C2H6/c1-10(6-5-7-15(18)19)8-9-14-13(4)16(20)11(2)12(3)17(14)21;3*1-2/h7,10,20-21H,5-6,8-9H2,1-4H3;3*1-2H3. The quantitative estimate of drug-likeness (QED) is 0.482. The molecule has 1 aromatic rings. The molecular weight excluding hydrogens is 346 g/mol. The van der Waals surface area contributed by atoms with E-state index >= 15 is 0 Å². The lowest BCUT2D eigenvalue weighted by molar-refractivity contribution is 0.411. The Morgan fingerprint density at radius 1 is 0.815 bits per heavy atom. The van der Waals surface area contributed by atoms with Crippen LogP contribution in [0.4, 0.5) is 8.78 Å². The van der Waals surface area contributed by atoms with E-state index in [1.54, 1.807) is 20.8 Å². The molecule has 0 saturated heterocycles. The Hall–Kier alpha value is -1.58. The van der Waals surface area contributed by atoms with Gasteiger partial charge in [-0.05, 0) is 75.1 Å².